The molecule has 0 amide bonds. The van der Waals surface area contributed by atoms with Crippen molar-refractivity contribution in [1.82, 2.24) is 0 Å². The Morgan fingerprint density at radius 3 is 2.55 bits per heavy atom. The lowest BCUT2D eigenvalue weighted by atomic mass is 9.82. The van der Waals surface area contributed by atoms with Gasteiger partial charge in [0, 0.05) is 5.92 Å². The molecule has 0 saturated carbocycles. The summed E-state index contributed by atoms with van der Waals surface area (Å²) in [5.74, 6) is 1.18. The molecule has 1 rings (SSSR count). The topological polar surface area (TPSA) is 0 Å². The largest absolute Gasteiger partial charge is 0.102 e. The number of hydrogen-bond acceptors (Lipinski definition) is 0. The minimum Gasteiger partial charge on any atom is -0.102 e. The second-order valence-corrected chi connectivity index (χ2v) is 3.42. The predicted molar refractivity (Wildman–Crippen MR) is 50.4 cm³/mol. The van der Waals surface area contributed by atoms with E-state index in [1.54, 1.807) is 0 Å². The van der Waals surface area contributed by atoms with Crippen LogP contribution in [0.2, 0.25) is 0 Å². The van der Waals surface area contributed by atoms with Gasteiger partial charge >= 0.3 is 0 Å². The van der Waals surface area contributed by atoms with Gasteiger partial charge in [-0.25, -0.2) is 0 Å². The molecule has 1 aliphatic carbocycles. The molecule has 60 valence electrons. The Morgan fingerprint density at radius 2 is 2.09 bits per heavy atom. The van der Waals surface area contributed by atoms with Crippen LogP contribution < -0.4 is 0 Å². The molecule has 0 radical (unpaired) electrons. The van der Waals surface area contributed by atoms with Crippen LogP contribution in [-0.2, 0) is 0 Å². The van der Waals surface area contributed by atoms with Crippen molar-refractivity contribution in [1.29, 1.82) is 0 Å². The third kappa shape index (κ3) is 1.62. The highest BCUT2D eigenvalue weighted by atomic mass is 14.2. The van der Waals surface area contributed by atoms with Crippen molar-refractivity contribution < 1.29 is 0 Å². The van der Waals surface area contributed by atoms with E-state index in [0.717, 1.165) is 0 Å². The first-order chi connectivity index (χ1) is 5.15. The third-order valence-corrected chi connectivity index (χ3v) is 2.33. The summed E-state index contributed by atoms with van der Waals surface area (Å²) in [7, 11) is 0. The number of allylic oxidation sites excluding steroid dienone is 5. The lowest BCUT2D eigenvalue weighted by molar-refractivity contribution is 0.571. The van der Waals surface area contributed by atoms with Gasteiger partial charge in [0.05, 0.1) is 0 Å². The van der Waals surface area contributed by atoms with E-state index in [1.165, 1.54) is 11.1 Å². The van der Waals surface area contributed by atoms with Crippen molar-refractivity contribution in [2.24, 2.45) is 11.8 Å². The Labute approximate surface area is 69.3 Å². The van der Waals surface area contributed by atoms with E-state index in [0.29, 0.717) is 11.8 Å². The molecule has 0 bridgehead atoms. The molecule has 0 heterocycles. The van der Waals surface area contributed by atoms with Crippen molar-refractivity contribution in [3.05, 3.63) is 36.0 Å². The molecule has 0 aromatic heterocycles. The average Bonchev–Trinajstić information content (AvgIpc) is 1.85. The van der Waals surface area contributed by atoms with Gasteiger partial charge in [-0.15, -0.1) is 6.58 Å². The van der Waals surface area contributed by atoms with Crippen molar-refractivity contribution >= 4 is 0 Å². The molecule has 0 aromatic carbocycles. The molecule has 1 aliphatic rings. The zero-order chi connectivity index (χ0) is 8.43. The van der Waals surface area contributed by atoms with E-state index in [4.69, 9.17) is 0 Å². The normalized spacial score (nSPS) is 30.8. The Balaban J connectivity index is 2.90. The Morgan fingerprint density at radius 1 is 1.45 bits per heavy atom. The fourth-order valence-electron chi connectivity index (χ4n) is 1.84. The fraction of sp³-hybridized carbons (Fsp3) is 0.455. The molecule has 0 spiro atoms. The van der Waals surface area contributed by atoms with Gasteiger partial charge < -0.3 is 0 Å². The second kappa shape index (κ2) is 3.08. The van der Waals surface area contributed by atoms with Crippen LogP contribution in [0.25, 0.3) is 0 Å². The molecule has 0 N–H and O–H groups in total. The fourth-order valence-corrected chi connectivity index (χ4v) is 1.84. The quantitative estimate of drug-likeness (QED) is 0.500. The molecule has 0 fully saturated rings. The van der Waals surface area contributed by atoms with Gasteiger partial charge in [-0.2, -0.15) is 0 Å². The monoisotopic (exact) mass is 148 g/mol. The summed E-state index contributed by atoms with van der Waals surface area (Å²) in [6.45, 7) is 10.4. The van der Waals surface area contributed by atoms with Crippen molar-refractivity contribution in [3.8, 4) is 0 Å². The van der Waals surface area contributed by atoms with Crippen molar-refractivity contribution in [2.75, 3.05) is 0 Å². The van der Waals surface area contributed by atoms with Gasteiger partial charge in [-0.05, 0) is 19.8 Å². The smallest absolute Gasteiger partial charge is 0.00349 e. The van der Waals surface area contributed by atoms with E-state index in [9.17, 15) is 0 Å². The first-order valence-electron chi connectivity index (χ1n) is 4.14. The van der Waals surface area contributed by atoms with Gasteiger partial charge in [-0.3, -0.25) is 0 Å². The summed E-state index contributed by atoms with van der Waals surface area (Å²) in [6.07, 6.45) is 6.59. The zero-order valence-corrected chi connectivity index (χ0v) is 7.59. The van der Waals surface area contributed by atoms with E-state index >= 15 is 0 Å². The summed E-state index contributed by atoms with van der Waals surface area (Å²) in [5.41, 5.74) is 2.82. The van der Waals surface area contributed by atoms with Gasteiger partial charge in [-0.1, -0.05) is 36.3 Å². The third-order valence-electron chi connectivity index (χ3n) is 2.33. The lowest BCUT2D eigenvalue weighted by Crippen LogP contribution is -2.11. The van der Waals surface area contributed by atoms with E-state index < -0.39 is 0 Å². The van der Waals surface area contributed by atoms with Crippen LogP contribution in [0.3, 0.4) is 0 Å². The molecule has 0 aliphatic heterocycles. The first-order valence-corrected chi connectivity index (χ1v) is 4.14. The van der Waals surface area contributed by atoms with E-state index in [-0.39, 0.29) is 0 Å². The molecule has 0 nitrogen and oxygen atoms in total. The van der Waals surface area contributed by atoms with E-state index in [2.05, 4.69) is 39.5 Å². The average molecular weight is 148 g/mol. The van der Waals surface area contributed by atoms with Crippen LogP contribution in [-0.4, -0.2) is 0 Å². The van der Waals surface area contributed by atoms with Gasteiger partial charge in [0.2, 0.25) is 0 Å². The Hall–Kier alpha value is -0.780. The summed E-state index contributed by atoms with van der Waals surface area (Å²) in [5, 5.41) is 0. The van der Waals surface area contributed by atoms with Crippen LogP contribution >= 0.6 is 0 Å². The SMILES string of the molecule is C=CC1C(C)=CC(C)=CC1C. The highest BCUT2D eigenvalue weighted by Crippen LogP contribution is 2.28. The van der Waals surface area contributed by atoms with Crippen molar-refractivity contribution in [3.63, 3.8) is 0 Å². The van der Waals surface area contributed by atoms with E-state index in [1.807, 2.05) is 6.08 Å². The molecule has 0 heteroatoms. The number of hydrogen-bond donors (Lipinski definition) is 0. The van der Waals surface area contributed by atoms with Crippen molar-refractivity contribution in [2.45, 2.75) is 20.8 Å². The maximum atomic E-state index is 3.84. The van der Waals surface area contributed by atoms with Gasteiger partial charge in [0.25, 0.3) is 0 Å². The molecular weight excluding hydrogens is 132 g/mol. The van der Waals surface area contributed by atoms with Crippen LogP contribution in [0.1, 0.15) is 20.8 Å². The van der Waals surface area contributed by atoms with Crippen LogP contribution in [0.5, 0.6) is 0 Å². The molecule has 2 unspecified atom stereocenters. The number of rotatable bonds is 1. The maximum absolute atomic E-state index is 3.84. The molecule has 2 atom stereocenters. The van der Waals surface area contributed by atoms with Crippen LogP contribution in [0.4, 0.5) is 0 Å². The molecular formula is C11H16. The summed E-state index contributed by atoms with van der Waals surface area (Å²) < 4.78 is 0. The summed E-state index contributed by atoms with van der Waals surface area (Å²) >= 11 is 0. The zero-order valence-electron chi connectivity index (χ0n) is 7.59. The minimum absolute atomic E-state index is 0.554. The van der Waals surface area contributed by atoms with Gasteiger partial charge in [0.15, 0.2) is 0 Å². The highest BCUT2D eigenvalue weighted by molar-refractivity contribution is 5.30. The molecule has 0 aromatic rings. The lowest BCUT2D eigenvalue weighted by Gasteiger charge is -2.23. The molecule has 0 saturated heterocycles. The Kier molecular flexibility index (Phi) is 2.33. The van der Waals surface area contributed by atoms with Crippen LogP contribution in [0.15, 0.2) is 36.0 Å². The predicted octanol–water partition coefficient (Wildman–Crippen LogP) is 3.33. The standard InChI is InChI=1S/C11H16/c1-5-11-9(3)6-8(2)7-10(11)4/h5-7,9,11H,1H2,2-4H3. The maximum Gasteiger partial charge on any atom is 0.00349 e. The summed E-state index contributed by atoms with van der Waals surface area (Å²) in [6, 6.07) is 0. The highest BCUT2D eigenvalue weighted by Gasteiger charge is 2.16. The Bertz CT molecular complexity index is 218. The van der Waals surface area contributed by atoms with Gasteiger partial charge in [0.1, 0.15) is 0 Å². The van der Waals surface area contributed by atoms with Crippen LogP contribution in [0, 0.1) is 11.8 Å². The minimum atomic E-state index is 0.554. The molecule has 11 heavy (non-hydrogen) atoms. The first kappa shape index (κ1) is 8.32. The summed E-state index contributed by atoms with van der Waals surface area (Å²) in [4.78, 5) is 0. The second-order valence-electron chi connectivity index (χ2n) is 3.42.